The van der Waals surface area contributed by atoms with Gasteiger partial charge in [-0.05, 0) is 30.3 Å². The van der Waals surface area contributed by atoms with Crippen LogP contribution in [0.15, 0.2) is 41.4 Å². The van der Waals surface area contributed by atoms with E-state index in [1.807, 2.05) is 11.0 Å². The fourth-order valence-electron chi connectivity index (χ4n) is 4.22. The van der Waals surface area contributed by atoms with Gasteiger partial charge in [-0.2, -0.15) is 5.26 Å². The number of sulfone groups is 1. The summed E-state index contributed by atoms with van der Waals surface area (Å²) in [6.45, 7) is 1.99. The van der Waals surface area contributed by atoms with E-state index in [1.165, 1.54) is 18.3 Å². The van der Waals surface area contributed by atoms with Gasteiger partial charge in [0.25, 0.3) is 11.8 Å². The summed E-state index contributed by atoms with van der Waals surface area (Å²) >= 11 is 0. The molecule has 2 aromatic rings. The number of rotatable bonds is 4. The lowest BCUT2D eigenvalue weighted by Crippen LogP contribution is -2.49. The molecule has 1 aromatic carbocycles. The number of halogens is 2. The minimum atomic E-state index is -3.55. The molecule has 4 rings (SSSR count). The summed E-state index contributed by atoms with van der Waals surface area (Å²) in [6, 6.07) is 9.79. The third-order valence-corrected chi connectivity index (χ3v) is 7.34. The van der Waals surface area contributed by atoms with Crippen LogP contribution in [0.2, 0.25) is 0 Å². The fourth-order valence-corrected chi connectivity index (χ4v) is 4.86. The lowest BCUT2D eigenvalue weighted by molar-refractivity contribution is -0.0220. The molecule has 1 amide bonds. The molecule has 8 nitrogen and oxygen atoms in total. The van der Waals surface area contributed by atoms with E-state index in [0.717, 1.165) is 6.26 Å². The van der Waals surface area contributed by atoms with Crippen LogP contribution < -0.4 is 9.80 Å². The second-order valence-corrected chi connectivity index (χ2v) is 10.6. The van der Waals surface area contributed by atoms with Crippen LogP contribution in [0.5, 0.6) is 0 Å². The van der Waals surface area contributed by atoms with Gasteiger partial charge < -0.3 is 14.7 Å². The normalized spacial score (nSPS) is 18.5. The molecule has 2 fully saturated rings. The highest BCUT2D eigenvalue weighted by molar-refractivity contribution is 7.90. The zero-order chi connectivity index (χ0) is 24.5. The summed E-state index contributed by atoms with van der Waals surface area (Å²) in [5, 5.41) is 8.93. The van der Waals surface area contributed by atoms with Crippen LogP contribution in [0.25, 0.3) is 0 Å². The quantitative estimate of drug-likeness (QED) is 0.651. The Labute approximate surface area is 197 Å². The van der Waals surface area contributed by atoms with Gasteiger partial charge in [0.15, 0.2) is 9.84 Å². The van der Waals surface area contributed by atoms with E-state index in [-0.39, 0.29) is 42.3 Å². The Morgan fingerprint density at radius 3 is 2.26 bits per heavy atom. The topological polar surface area (TPSA) is 97.6 Å². The molecule has 0 radical (unpaired) electrons. The molecule has 34 heavy (non-hydrogen) atoms. The number of alkyl halides is 2. The molecule has 0 aliphatic carbocycles. The Bertz CT molecular complexity index is 1210. The first-order chi connectivity index (χ1) is 16.1. The highest BCUT2D eigenvalue weighted by Gasteiger charge is 2.36. The van der Waals surface area contributed by atoms with Crippen LogP contribution in [0.3, 0.4) is 0 Å². The number of nitriles is 1. The molecule has 2 aliphatic rings. The third-order valence-electron chi connectivity index (χ3n) is 6.23. The minimum absolute atomic E-state index is 0.0161. The van der Waals surface area contributed by atoms with E-state index in [0.29, 0.717) is 43.2 Å². The van der Waals surface area contributed by atoms with Crippen molar-refractivity contribution in [2.24, 2.45) is 0 Å². The molecule has 180 valence electrons. The van der Waals surface area contributed by atoms with Crippen molar-refractivity contribution in [1.29, 1.82) is 5.26 Å². The number of carbonyl (C=O) groups is 1. The molecule has 0 bridgehead atoms. The predicted molar refractivity (Wildman–Crippen MR) is 123 cm³/mol. The highest BCUT2D eigenvalue weighted by atomic mass is 32.2. The van der Waals surface area contributed by atoms with Gasteiger partial charge in [0.05, 0.1) is 16.0 Å². The number of nitrogens with zero attached hydrogens (tertiary/aromatic N) is 5. The van der Waals surface area contributed by atoms with Crippen molar-refractivity contribution in [2.45, 2.75) is 23.7 Å². The number of piperazine rings is 1. The van der Waals surface area contributed by atoms with Gasteiger partial charge >= 0.3 is 0 Å². The zero-order valence-electron chi connectivity index (χ0n) is 18.7. The molecule has 2 aliphatic heterocycles. The van der Waals surface area contributed by atoms with Crippen molar-refractivity contribution in [3.05, 3.63) is 47.7 Å². The molecule has 0 saturated carbocycles. The lowest BCUT2D eigenvalue weighted by atomic mass is 10.0. The second kappa shape index (κ2) is 9.18. The number of aromatic nitrogens is 1. The molecule has 3 heterocycles. The Balaban J connectivity index is 1.55. The van der Waals surface area contributed by atoms with Crippen molar-refractivity contribution in [1.82, 2.24) is 9.88 Å². The van der Waals surface area contributed by atoms with Gasteiger partial charge in [-0.25, -0.2) is 22.2 Å². The summed E-state index contributed by atoms with van der Waals surface area (Å²) in [6.07, 6.45) is 1.94. The van der Waals surface area contributed by atoms with E-state index in [4.69, 9.17) is 5.26 Å². The van der Waals surface area contributed by atoms with Gasteiger partial charge in [-0.15, -0.1) is 0 Å². The van der Waals surface area contributed by atoms with Gasteiger partial charge in [-0.3, -0.25) is 4.79 Å². The number of pyridine rings is 1. The number of amides is 1. The van der Waals surface area contributed by atoms with Crippen LogP contribution >= 0.6 is 0 Å². The van der Waals surface area contributed by atoms with Crippen LogP contribution in [-0.4, -0.2) is 75.7 Å². The van der Waals surface area contributed by atoms with Crippen molar-refractivity contribution in [3.63, 3.8) is 0 Å². The summed E-state index contributed by atoms with van der Waals surface area (Å²) in [5.74, 6) is -2.35. The monoisotopic (exact) mass is 489 g/mol. The first-order valence-electron chi connectivity index (χ1n) is 10.9. The number of hydrogen-bond acceptors (Lipinski definition) is 7. The average Bonchev–Trinajstić information content (AvgIpc) is 2.83. The van der Waals surface area contributed by atoms with Crippen LogP contribution in [0.1, 0.15) is 28.8 Å². The smallest absolute Gasteiger partial charge is 0.256 e. The van der Waals surface area contributed by atoms with E-state index in [2.05, 4.69) is 4.98 Å². The van der Waals surface area contributed by atoms with Crippen molar-refractivity contribution in [2.75, 3.05) is 55.3 Å². The number of hydrogen-bond donors (Lipinski definition) is 0. The number of piperidine rings is 1. The maximum atomic E-state index is 13.7. The maximum Gasteiger partial charge on any atom is 0.256 e. The fraction of sp³-hybridized carbons (Fsp3) is 0.435. The predicted octanol–water partition coefficient (Wildman–Crippen LogP) is 2.55. The molecule has 11 heteroatoms. The molecule has 0 N–H and O–H groups in total. The standard InChI is InChI=1S/C23H25F2N5O3S/c1-34(32,33)18-3-4-20(28-8-6-23(24,25)7-9-28)19(14-18)22(31)30-12-10-29(11-13-30)21-5-2-17(15-26)16-27-21/h2-5,14,16H,6-13H2,1H3. The minimum Gasteiger partial charge on any atom is -0.370 e. The average molecular weight is 490 g/mol. The van der Waals surface area contributed by atoms with Gasteiger partial charge in [-0.1, -0.05) is 0 Å². The van der Waals surface area contributed by atoms with Gasteiger partial charge in [0.2, 0.25) is 0 Å². The lowest BCUT2D eigenvalue weighted by Gasteiger charge is -2.37. The molecule has 1 aromatic heterocycles. The second-order valence-electron chi connectivity index (χ2n) is 8.59. The first kappa shape index (κ1) is 23.9. The van der Waals surface area contributed by atoms with E-state index in [9.17, 15) is 22.0 Å². The molecule has 0 unspecified atom stereocenters. The largest absolute Gasteiger partial charge is 0.370 e. The Morgan fingerprint density at radius 1 is 1.03 bits per heavy atom. The summed E-state index contributed by atoms with van der Waals surface area (Å²) < 4.78 is 51.6. The summed E-state index contributed by atoms with van der Waals surface area (Å²) in [5.41, 5.74) is 1.15. The summed E-state index contributed by atoms with van der Waals surface area (Å²) in [4.78, 5) is 23.2. The summed E-state index contributed by atoms with van der Waals surface area (Å²) in [7, 11) is -3.55. The van der Waals surface area contributed by atoms with Crippen LogP contribution in [-0.2, 0) is 9.84 Å². The van der Waals surface area contributed by atoms with Crippen molar-refractivity contribution < 1.29 is 22.0 Å². The maximum absolute atomic E-state index is 13.7. The van der Waals surface area contributed by atoms with Crippen LogP contribution in [0.4, 0.5) is 20.3 Å². The molecular formula is C23H25F2N5O3S. The first-order valence-corrected chi connectivity index (χ1v) is 12.8. The molecule has 0 spiro atoms. The zero-order valence-corrected chi connectivity index (χ0v) is 19.6. The van der Waals surface area contributed by atoms with Gasteiger partial charge in [0, 0.05) is 70.3 Å². The SMILES string of the molecule is CS(=O)(=O)c1ccc(N2CCC(F)(F)CC2)c(C(=O)N2CCN(c3ccc(C#N)cn3)CC2)c1. The highest BCUT2D eigenvalue weighted by Crippen LogP contribution is 2.33. The van der Waals surface area contributed by atoms with E-state index in [1.54, 1.807) is 28.0 Å². The Hall–Kier alpha value is -3.26. The third kappa shape index (κ3) is 5.12. The van der Waals surface area contributed by atoms with Crippen LogP contribution in [0, 0.1) is 11.3 Å². The van der Waals surface area contributed by atoms with E-state index >= 15 is 0 Å². The Kier molecular flexibility index (Phi) is 6.45. The molecule has 2 saturated heterocycles. The number of benzene rings is 1. The number of carbonyl (C=O) groups excluding carboxylic acids is 1. The Morgan fingerprint density at radius 2 is 1.71 bits per heavy atom. The van der Waals surface area contributed by atoms with Gasteiger partial charge in [0.1, 0.15) is 11.9 Å². The number of anilines is 2. The molecule has 0 atom stereocenters. The van der Waals surface area contributed by atoms with Crippen molar-refractivity contribution >= 4 is 27.2 Å². The van der Waals surface area contributed by atoms with E-state index < -0.39 is 15.8 Å². The molecular weight excluding hydrogens is 464 g/mol. The van der Waals surface area contributed by atoms with Crippen molar-refractivity contribution in [3.8, 4) is 6.07 Å².